The minimum absolute atomic E-state index is 0.0937. The van der Waals surface area contributed by atoms with Crippen molar-refractivity contribution >= 4 is 28.4 Å². The van der Waals surface area contributed by atoms with E-state index in [1.165, 1.54) is 12.8 Å². The fraction of sp³-hybridized carbons (Fsp3) is 0.455. The first-order valence-corrected chi connectivity index (χ1v) is 10.8. The van der Waals surface area contributed by atoms with Crippen LogP contribution >= 0.6 is 0 Å². The minimum Gasteiger partial charge on any atom is -0.390 e. The van der Waals surface area contributed by atoms with E-state index in [0.717, 1.165) is 36.1 Å². The molecule has 2 aliphatic heterocycles. The minimum atomic E-state index is -0.0937. The van der Waals surface area contributed by atoms with Crippen LogP contribution in [-0.2, 0) is 6.61 Å². The molecule has 160 valence electrons. The highest BCUT2D eigenvalue weighted by Gasteiger charge is 2.40. The molecule has 3 aromatic rings. The number of hydrogen-bond donors (Lipinski definition) is 4. The number of aliphatic hydroxyl groups excluding tert-OH is 1. The number of fused-ring (bicyclic) bond motifs is 3. The molecule has 2 bridgehead atoms. The molecule has 2 unspecified atom stereocenters. The van der Waals surface area contributed by atoms with Gasteiger partial charge in [0.2, 0.25) is 0 Å². The van der Waals surface area contributed by atoms with Crippen molar-refractivity contribution in [3.8, 4) is 6.07 Å². The second kappa shape index (κ2) is 8.49. The fourth-order valence-electron chi connectivity index (χ4n) is 5.02. The number of pyridine rings is 2. The second-order valence-electron chi connectivity index (χ2n) is 8.33. The van der Waals surface area contributed by atoms with Crippen LogP contribution in [0.2, 0.25) is 0 Å². The normalized spacial score (nSPS) is 23.0. The molecule has 0 aromatic carbocycles. The largest absolute Gasteiger partial charge is 0.390 e. The monoisotopic (exact) mass is 418 g/mol. The average Bonchev–Trinajstić information content (AvgIpc) is 3.33. The van der Waals surface area contributed by atoms with Crippen LogP contribution in [0.3, 0.4) is 0 Å². The van der Waals surface area contributed by atoms with Crippen molar-refractivity contribution in [2.45, 2.75) is 56.8 Å². The Bertz CT molecular complexity index is 1090. The quantitative estimate of drug-likeness (QED) is 0.461. The Labute approximate surface area is 180 Å². The molecule has 31 heavy (non-hydrogen) atoms. The van der Waals surface area contributed by atoms with Crippen molar-refractivity contribution in [3.05, 3.63) is 36.2 Å². The molecule has 2 aliphatic rings. The number of aromatic amines is 1. The average molecular weight is 419 g/mol. The number of nitriles is 1. The molecule has 3 aromatic heterocycles. The number of nitrogens with one attached hydrogen (secondary N) is 3. The van der Waals surface area contributed by atoms with E-state index in [0.29, 0.717) is 41.9 Å². The summed E-state index contributed by atoms with van der Waals surface area (Å²) in [7, 11) is 0. The number of rotatable bonds is 7. The first-order valence-electron chi connectivity index (χ1n) is 10.8. The maximum absolute atomic E-state index is 9.25. The van der Waals surface area contributed by atoms with E-state index in [9.17, 15) is 5.11 Å². The summed E-state index contributed by atoms with van der Waals surface area (Å²) >= 11 is 0. The van der Waals surface area contributed by atoms with Gasteiger partial charge in [-0.2, -0.15) is 10.4 Å². The molecule has 2 saturated heterocycles. The SMILES string of the molecule is N#CCCN1C2CCC1CC(Nc1nc(Nc3cc(CO)[nH]n3)cc3ncccc13)C2. The number of anilines is 3. The summed E-state index contributed by atoms with van der Waals surface area (Å²) in [5.74, 6) is 2.07. The van der Waals surface area contributed by atoms with Gasteiger partial charge in [0, 0.05) is 54.8 Å². The van der Waals surface area contributed by atoms with Crippen LogP contribution in [0.15, 0.2) is 30.5 Å². The maximum atomic E-state index is 9.25. The number of nitrogens with zero attached hydrogens (tertiary/aromatic N) is 5. The molecule has 4 N–H and O–H groups in total. The third-order valence-electron chi connectivity index (χ3n) is 6.36. The highest BCUT2D eigenvalue weighted by molar-refractivity contribution is 5.91. The molecule has 0 amide bonds. The standard InChI is InChI=1S/C22H26N8O/c23-6-2-8-30-16-4-5-17(30)10-14(9-16)25-22-18-3-1-7-24-19(18)12-20(27-22)26-21-11-15(13-31)28-29-21/h1,3,7,11-12,14,16-17,31H,2,4-5,8-10,13H2,(H3,25,26,27,28,29). The predicted molar refractivity (Wildman–Crippen MR) is 118 cm³/mol. The molecule has 0 aliphatic carbocycles. The lowest BCUT2D eigenvalue weighted by atomic mass is 9.97. The summed E-state index contributed by atoms with van der Waals surface area (Å²) in [6.45, 7) is 0.784. The van der Waals surface area contributed by atoms with Crippen molar-refractivity contribution in [2.75, 3.05) is 17.2 Å². The van der Waals surface area contributed by atoms with Crippen molar-refractivity contribution in [1.82, 2.24) is 25.1 Å². The second-order valence-corrected chi connectivity index (χ2v) is 8.33. The highest BCUT2D eigenvalue weighted by Crippen LogP contribution is 2.37. The van der Waals surface area contributed by atoms with Crippen LogP contribution in [0.1, 0.15) is 37.8 Å². The lowest BCUT2D eigenvalue weighted by Crippen LogP contribution is -2.47. The van der Waals surface area contributed by atoms with E-state index in [1.807, 2.05) is 18.2 Å². The van der Waals surface area contributed by atoms with Crippen molar-refractivity contribution < 1.29 is 5.11 Å². The van der Waals surface area contributed by atoms with Gasteiger partial charge in [0.25, 0.3) is 0 Å². The third-order valence-corrected chi connectivity index (χ3v) is 6.36. The number of piperidine rings is 1. The van der Waals surface area contributed by atoms with Gasteiger partial charge in [-0.15, -0.1) is 0 Å². The summed E-state index contributed by atoms with van der Waals surface area (Å²) in [5.41, 5.74) is 1.49. The van der Waals surface area contributed by atoms with E-state index < -0.39 is 0 Å². The zero-order valence-electron chi connectivity index (χ0n) is 17.3. The third kappa shape index (κ3) is 4.04. The highest BCUT2D eigenvalue weighted by atomic mass is 16.3. The number of aromatic nitrogens is 4. The topological polar surface area (TPSA) is 126 Å². The smallest absolute Gasteiger partial charge is 0.153 e. The number of aliphatic hydroxyl groups is 1. The van der Waals surface area contributed by atoms with Crippen molar-refractivity contribution in [2.24, 2.45) is 0 Å². The zero-order valence-corrected chi connectivity index (χ0v) is 17.3. The molecule has 0 saturated carbocycles. The molecule has 9 heteroatoms. The summed E-state index contributed by atoms with van der Waals surface area (Å²) in [6.07, 6.45) is 6.91. The van der Waals surface area contributed by atoms with E-state index in [1.54, 1.807) is 12.3 Å². The Morgan fingerprint density at radius 3 is 2.81 bits per heavy atom. The van der Waals surface area contributed by atoms with Gasteiger partial charge in [-0.25, -0.2) is 4.98 Å². The Hall–Kier alpha value is -3.22. The first kappa shape index (κ1) is 19.7. The molecular weight excluding hydrogens is 392 g/mol. The Balaban J connectivity index is 1.37. The first-order chi connectivity index (χ1) is 15.2. The van der Waals surface area contributed by atoms with Crippen molar-refractivity contribution in [3.63, 3.8) is 0 Å². The van der Waals surface area contributed by atoms with Crippen LogP contribution in [0.4, 0.5) is 17.5 Å². The van der Waals surface area contributed by atoms with Gasteiger partial charge < -0.3 is 15.7 Å². The predicted octanol–water partition coefficient (Wildman–Crippen LogP) is 2.91. The fourth-order valence-corrected chi connectivity index (χ4v) is 5.02. The lowest BCUT2D eigenvalue weighted by molar-refractivity contribution is 0.136. The van der Waals surface area contributed by atoms with Gasteiger partial charge in [0.1, 0.15) is 11.6 Å². The maximum Gasteiger partial charge on any atom is 0.153 e. The van der Waals surface area contributed by atoms with E-state index in [-0.39, 0.29) is 6.61 Å². The van der Waals surface area contributed by atoms with Gasteiger partial charge in [-0.1, -0.05) is 0 Å². The molecule has 9 nitrogen and oxygen atoms in total. The van der Waals surface area contributed by atoms with Gasteiger partial charge in [0.15, 0.2) is 5.82 Å². The molecule has 2 fully saturated rings. The molecular formula is C22H26N8O. The van der Waals surface area contributed by atoms with Gasteiger partial charge >= 0.3 is 0 Å². The van der Waals surface area contributed by atoms with Crippen LogP contribution < -0.4 is 10.6 Å². The molecule has 2 atom stereocenters. The van der Waals surface area contributed by atoms with Gasteiger partial charge in [-0.05, 0) is 37.8 Å². The zero-order chi connectivity index (χ0) is 21.2. The lowest BCUT2D eigenvalue weighted by Gasteiger charge is -2.39. The van der Waals surface area contributed by atoms with Crippen LogP contribution in [0.5, 0.6) is 0 Å². The molecule has 0 radical (unpaired) electrons. The van der Waals surface area contributed by atoms with Gasteiger partial charge in [0.05, 0.1) is 23.9 Å². The summed E-state index contributed by atoms with van der Waals surface area (Å²) < 4.78 is 0. The number of H-pyrrole nitrogens is 1. The summed E-state index contributed by atoms with van der Waals surface area (Å²) in [5, 5.41) is 33.0. The summed E-state index contributed by atoms with van der Waals surface area (Å²) in [4.78, 5) is 11.9. The van der Waals surface area contributed by atoms with Crippen LogP contribution in [-0.4, -0.2) is 54.8 Å². The molecule has 5 heterocycles. The van der Waals surface area contributed by atoms with Crippen LogP contribution in [0, 0.1) is 11.3 Å². The Morgan fingerprint density at radius 1 is 1.23 bits per heavy atom. The van der Waals surface area contributed by atoms with Crippen molar-refractivity contribution in [1.29, 1.82) is 5.26 Å². The Kier molecular flexibility index (Phi) is 5.40. The Morgan fingerprint density at radius 2 is 2.06 bits per heavy atom. The molecule has 0 spiro atoms. The van der Waals surface area contributed by atoms with E-state index >= 15 is 0 Å². The van der Waals surface area contributed by atoms with E-state index in [4.69, 9.17) is 10.2 Å². The van der Waals surface area contributed by atoms with Crippen LogP contribution in [0.25, 0.3) is 10.9 Å². The van der Waals surface area contributed by atoms with Gasteiger partial charge in [-0.3, -0.25) is 15.0 Å². The summed E-state index contributed by atoms with van der Waals surface area (Å²) in [6, 6.07) is 11.3. The molecule has 5 rings (SSSR count). The number of hydrogen-bond acceptors (Lipinski definition) is 8. The van der Waals surface area contributed by atoms with E-state index in [2.05, 4.69) is 36.8 Å².